The SMILES string of the molecule is Cc1nc(NC(=O)c2cc3ccccc3cc2O)sc1-c1ccccn1. The fourth-order valence-electron chi connectivity index (χ4n) is 2.76. The first-order chi connectivity index (χ1) is 12.6. The number of carbonyl (C=O) groups is 1. The standard InChI is InChI=1S/C20H15N3O2S/c1-12-18(16-8-4-5-9-21-16)26-20(22-12)23-19(25)15-10-13-6-2-3-7-14(13)11-17(15)24/h2-11,24H,1H3,(H,22,23,25). The van der Waals surface area contributed by atoms with Gasteiger partial charge in [0, 0.05) is 6.20 Å². The van der Waals surface area contributed by atoms with Gasteiger partial charge in [0.15, 0.2) is 5.13 Å². The molecule has 0 fully saturated rings. The Morgan fingerprint density at radius 3 is 2.54 bits per heavy atom. The third-order valence-electron chi connectivity index (χ3n) is 4.02. The van der Waals surface area contributed by atoms with Crippen LogP contribution in [-0.4, -0.2) is 21.0 Å². The number of fused-ring (bicyclic) bond motifs is 1. The van der Waals surface area contributed by atoms with E-state index in [1.54, 1.807) is 18.3 Å². The number of aromatic hydroxyl groups is 1. The second-order valence-corrected chi connectivity index (χ2v) is 6.82. The summed E-state index contributed by atoms with van der Waals surface area (Å²) in [4.78, 5) is 22.3. The molecule has 0 saturated heterocycles. The van der Waals surface area contributed by atoms with E-state index in [2.05, 4.69) is 15.3 Å². The second-order valence-electron chi connectivity index (χ2n) is 5.82. The molecule has 0 bridgehead atoms. The number of pyridine rings is 1. The number of carbonyl (C=O) groups excluding carboxylic acids is 1. The molecule has 2 N–H and O–H groups in total. The number of phenols is 1. The Balaban J connectivity index is 1.64. The molecule has 2 heterocycles. The van der Waals surface area contributed by atoms with Gasteiger partial charge in [-0.15, -0.1) is 0 Å². The Kier molecular flexibility index (Phi) is 4.10. The zero-order chi connectivity index (χ0) is 18.1. The van der Waals surface area contributed by atoms with Gasteiger partial charge in [0.2, 0.25) is 0 Å². The van der Waals surface area contributed by atoms with Gasteiger partial charge in [-0.05, 0) is 42.0 Å². The van der Waals surface area contributed by atoms with Crippen molar-refractivity contribution in [2.24, 2.45) is 0 Å². The summed E-state index contributed by atoms with van der Waals surface area (Å²) in [5, 5.41) is 15.2. The molecule has 0 spiro atoms. The molecule has 26 heavy (non-hydrogen) atoms. The van der Waals surface area contributed by atoms with Crippen molar-refractivity contribution in [1.29, 1.82) is 0 Å². The highest BCUT2D eigenvalue weighted by Gasteiger charge is 2.16. The molecule has 0 aliphatic rings. The van der Waals surface area contributed by atoms with Gasteiger partial charge < -0.3 is 5.11 Å². The van der Waals surface area contributed by atoms with E-state index in [1.165, 1.54) is 11.3 Å². The maximum Gasteiger partial charge on any atom is 0.261 e. The molecule has 1 amide bonds. The van der Waals surface area contributed by atoms with E-state index in [-0.39, 0.29) is 11.3 Å². The summed E-state index contributed by atoms with van der Waals surface area (Å²) >= 11 is 1.36. The van der Waals surface area contributed by atoms with E-state index in [0.29, 0.717) is 5.13 Å². The summed E-state index contributed by atoms with van der Waals surface area (Å²) in [6.07, 6.45) is 1.72. The summed E-state index contributed by atoms with van der Waals surface area (Å²) < 4.78 is 0. The van der Waals surface area contributed by atoms with Crippen LogP contribution in [0.5, 0.6) is 5.75 Å². The number of amides is 1. The van der Waals surface area contributed by atoms with Crippen molar-refractivity contribution in [1.82, 2.24) is 9.97 Å². The van der Waals surface area contributed by atoms with Crippen LogP contribution in [0.15, 0.2) is 60.8 Å². The van der Waals surface area contributed by atoms with E-state index in [4.69, 9.17) is 0 Å². The zero-order valence-corrected chi connectivity index (χ0v) is 14.7. The highest BCUT2D eigenvalue weighted by molar-refractivity contribution is 7.19. The fraction of sp³-hybridized carbons (Fsp3) is 0.0500. The zero-order valence-electron chi connectivity index (χ0n) is 13.9. The number of nitrogens with one attached hydrogen (secondary N) is 1. The Morgan fingerprint density at radius 1 is 1.08 bits per heavy atom. The maximum atomic E-state index is 12.6. The number of benzene rings is 2. The van der Waals surface area contributed by atoms with Gasteiger partial charge in [-0.25, -0.2) is 4.98 Å². The Hall–Kier alpha value is -3.25. The monoisotopic (exact) mass is 361 g/mol. The van der Waals surface area contributed by atoms with Crippen LogP contribution in [0.4, 0.5) is 5.13 Å². The van der Waals surface area contributed by atoms with Crippen molar-refractivity contribution < 1.29 is 9.90 Å². The predicted octanol–water partition coefficient (Wildman–Crippen LogP) is 4.62. The lowest BCUT2D eigenvalue weighted by Crippen LogP contribution is -2.12. The normalized spacial score (nSPS) is 10.8. The molecule has 128 valence electrons. The number of aryl methyl sites for hydroxylation is 1. The highest BCUT2D eigenvalue weighted by Crippen LogP contribution is 2.32. The second kappa shape index (κ2) is 6.57. The van der Waals surface area contributed by atoms with Crippen LogP contribution in [-0.2, 0) is 0 Å². The van der Waals surface area contributed by atoms with E-state index in [9.17, 15) is 9.90 Å². The van der Waals surface area contributed by atoms with Crippen LogP contribution >= 0.6 is 11.3 Å². The van der Waals surface area contributed by atoms with Crippen LogP contribution in [0.2, 0.25) is 0 Å². The minimum Gasteiger partial charge on any atom is -0.507 e. The van der Waals surface area contributed by atoms with Gasteiger partial charge in [0.25, 0.3) is 5.91 Å². The van der Waals surface area contributed by atoms with Crippen LogP contribution in [0.1, 0.15) is 16.1 Å². The lowest BCUT2D eigenvalue weighted by atomic mass is 10.1. The topological polar surface area (TPSA) is 75.1 Å². The molecule has 0 aliphatic heterocycles. The Morgan fingerprint density at radius 2 is 1.81 bits per heavy atom. The lowest BCUT2D eigenvalue weighted by Gasteiger charge is -2.06. The van der Waals surface area contributed by atoms with Gasteiger partial charge in [0.05, 0.1) is 21.8 Å². The van der Waals surface area contributed by atoms with Crippen LogP contribution in [0.25, 0.3) is 21.3 Å². The first kappa shape index (κ1) is 16.2. The van der Waals surface area contributed by atoms with Crippen molar-refractivity contribution in [3.8, 4) is 16.3 Å². The van der Waals surface area contributed by atoms with Gasteiger partial charge in [-0.1, -0.05) is 41.7 Å². The molecule has 0 aliphatic carbocycles. The third kappa shape index (κ3) is 3.02. The van der Waals surface area contributed by atoms with Crippen molar-refractivity contribution in [3.63, 3.8) is 0 Å². The summed E-state index contributed by atoms with van der Waals surface area (Å²) in [5.41, 5.74) is 1.83. The Bertz CT molecular complexity index is 1110. The minimum absolute atomic E-state index is 0.0561. The number of thiazole rings is 1. The predicted molar refractivity (Wildman–Crippen MR) is 104 cm³/mol. The molecule has 0 atom stereocenters. The Labute approximate surface area is 154 Å². The van der Waals surface area contributed by atoms with Crippen molar-refractivity contribution >= 4 is 33.1 Å². The molecule has 2 aromatic heterocycles. The van der Waals surface area contributed by atoms with E-state index < -0.39 is 5.91 Å². The van der Waals surface area contributed by atoms with Crippen LogP contribution in [0.3, 0.4) is 0 Å². The first-order valence-corrected chi connectivity index (χ1v) is 8.85. The molecule has 2 aromatic carbocycles. The van der Waals surface area contributed by atoms with Crippen molar-refractivity contribution in [3.05, 3.63) is 72.1 Å². The first-order valence-electron chi connectivity index (χ1n) is 8.04. The summed E-state index contributed by atoms with van der Waals surface area (Å²) in [6, 6.07) is 16.5. The molecule has 0 radical (unpaired) electrons. The molecule has 4 aromatic rings. The van der Waals surface area contributed by atoms with E-state index in [1.807, 2.05) is 49.4 Å². The van der Waals surface area contributed by atoms with E-state index >= 15 is 0 Å². The number of phenolic OH excluding ortho intramolecular Hbond substituents is 1. The molecular formula is C20H15N3O2S. The van der Waals surface area contributed by atoms with Gasteiger partial charge in [-0.3, -0.25) is 15.1 Å². The molecule has 4 rings (SSSR count). The number of rotatable bonds is 3. The summed E-state index contributed by atoms with van der Waals surface area (Å²) in [5.74, 6) is -0.450. The van der Waals surface area contributed by atoms with Crippen molar-refractivity contribution in [2.75, 3.05) is 5.32 Å². The van der Waals surface area contributed by atoms with E-state index in [0.717, 1.165) is 27.0 Å². The van der Waals surface area contributed by atoms with Gasteiger partial charge >= 0.3 is 0 Å². The highest BCUT2D eigenvalue weighted by atomic mass is 32.1. The number of aromatic nitrogens is 2. The summed E-state index contributed by atoms with van der Waals surface area (Å²) in [6.45, 7) is 1.88. The smallest absolute Gasteiger partial charge is 0.261 e. The number of anilines is 1. The largest absolute Gasteiger partial charge is 0.507 e. The van der Waals surface area contributed by atoms with Gasteiger partial charge in [-0.2, -0.15) is 0 Å². The molecule has 0 unspecified atom stereocenters. The maximum absolute atomic E-state index is 12.6. The quantitative estimate of drug-likeness (QED) is 0.558. The number of hydrogen-bond acceptors (Lipinski definition) is 5. The fourth-order valence-corrected chi connectivity index (χ4v) is 3.70. The minimum atomic E-state index is -0.394. The number of hydrogen-bond donors (Lipinski definition) is 2. The molecule has 0 saturated carbocycles. The van der Waals surface area contributed by atoms with Gasteiger partial charge in [0.1, 0.15) is 5.75 Å². The molecule has 6 heteroatoms. The average molecular weight is 361 g/mol. The molecule has 5 nitrogen and oxygen atoms in total. The number of nitrogens with zero attached hydrogens (tertiary/aromatic N) is 2. The lowest BCUT2D eigenvalue weighted by molar-refractivity contribution is 0.102. The van der Waals surface area contributed by atoms with Crippen LogP contribution in [0, 0.1) is 6.92 Å². The van der Waals surface area contributed by atoms with Crippen molar-refractivity contribution in [2.45, 2.75) is 6.92 Å². The third-order valence-corrected chi connectivity index (χ3v) is 5.12. The molecular weight excluding hydrogens is 346 g/mol. The summed E-state index contributed by atoms with van der Waals surface area (Å²) in [7, 11) is 0. The average Bonchev–Trinajstić information content (AvgIpc) is 3.02. The van der Waals surface area contributed by atoms with Crippen LogP contribution < -0.4 is 5.32 Å².